The molecular formula is C27H37FN4O4S. The van der Waals surface area contributed by atoms with E-state index in [1.807, 2.05) is 19.3 Å². The summed E-state index contributed by atoms with van der Waals surface area (Å²) in [6.07, 6.45) is 9.25. The molecule has 10 heteroatoms. The number of benzene rings is 1. The van der Waals surface area contributed by atoms with Crippen LogP contribution in [0.3, 0.4) is 0 Å². The van der Waals surface area contributed by atoms with Crippen molar-refractivity contribution in [2.45, 2.75) is 39.0 Å². The number of halogens is 1. The number of anilines is 1. The molecule has 4 rings (SSSR count). The molecule has 0 radical (unpaired) electrons. The Kier molecular flexibility index (Phi) is 8.67. The van der Waals surface area contributed by atoms with E-state index in [-0.39, 0.29) is 30.2 Å². The topological polar surface area (TPSA) is 92.7 Å². The lowest BCUT2D eigenvalue weighted by Crippen LogP contribution is -2.35. The van der Waals surface area contributed by atoms with Crippen LogP contribution in [0, 0.1) is 30.5 Å². The van der Waals surface area contributed by atoms with Crippen LogP contribution in [0.4, 0.5) is 10.3 Å². The number of aromatic nitrogens is 2. The summed E-state index contributed by atoms with van der Waals surface area (Å²) in [4.78, 5) is 24.8. The van der Waals surface area contributed by atoms with Crippen LogP contribution in [-0.2, 0) is 21.1 Å². The predicted octanol–water partition coefficient (Wildman–Crippen LogP) is 3.29. The van der Waals surface area contributed by atoms with Crippen molar-refractivity contribution in [2.24, 2.45) is 17.8 Å². The third kappa shape index (κ3) is 7.87. The van der Waals surface area contributed by atoms with Crippen LogP contribution in [0.15, 0.2) is 30.6 Å². The van der Waals surface area contributed by atoms with Gasteiger partial charge < -0.3 is 14.5 Å². The number of hydrogen-bond acceptors (Lipinski definition) is 7. The van der Waals surface area contributed by atoms with Gasteiger partial charge in [-0.2, -0.15) is 0 Å². The summed E-state index contributed by atoms with van der Waals surface area (Å²) in [5.74, 6) is 2.49. The van der Waals surface area contributed by atoms with E-state index >= 15 is 0 Å². The summed E-state index contributed by atoms with van der Waals surface area (Å²) in [7, 11) is -1.64. The highest BCUT2D eigenvalue weighted by atomic mass is 32.2. The van der Waals surface area contributed by atoms with Gasteiger partial charge in [0.1, 0.15) is 21.4 Å². The van der Waals surface area contributed by atoms with Gasteiger partial charge in [0.2, 0.25) is 11.9 Å². The number of aryl methyl sites for hydroxylation is 1. The van der Waals surface area contributed by atoms with Crippen molar-refractivity contribution in [2.75, 3.05) is 50.2 Å². The highest BCUT2D eigenvalue weighted by Gasteiger charge is 2.43. The fourth-order valence-corrected chi connectivity index (χ4v) is 5.68. The number of nitrogens with zero attached hydrogens (tertiary/aromatic N) is 4. The molecule has 0 bridgehead atoms. The van der Waals surface area contributed by atoms with E-state index in [1.54, 1.807) is 12.1 Å². The largest absolute Gasteiger partial charge is 0.493 e. The molecule has 2 fully saturated rings. The van der Waals surface area contributed by atoms with Crippen molar-refractivity contribution in [3.63, 3.8) is 0 Å². The summed E-state index contributed by atoms with van der Waals surface area (Å²) in [6, 6.07) is 4.58. The van der Waals surface area contributed by atoms with Gasteiger partial charge in [-0.1, -0.05) is 6.07 Å². The molecule has 0 spiro atoms. The normalized spacial score (nSPS) is 20.1. The standard InChI is InChI=1S/C27H37FN4O4S/c1-19-17-29-27(30-18-19)32-9-6-20(7-10-32)24-14-21(24)8-12-36-23-5-4-22(25(28)16-23)15-26(33)31(2)11-13-37(3,34)35/h4-5,16-18,20-21,24H,6-15H2,1-3H3/t21-,24-/m1/s1. The van der Waals surface area contributed by atoms with E-state index in [0.717, 1.165) is 62.0 Å². The molecule has 1 aromatic carbocycles. The minimum absolute atomic E-state index is 0.0862. The lowest BCUT2D eigenvalue weighted by atomic mass is 9.90. The maximum Gasteiger partial charge on any atom is 0.226 e. The smallest absolute Gasteiger partial charge is 0.226 e. The summed E-state index contributed by atoms with van der Waals surface area (Å²) >= 11 is 0. The monoisotopic (exact) mass is 532 g/mol. The third-order valence-corrected chi connectivity index (χ3v) is 8.44. The molecule has 1 amide bonds. The van der Waals surface area contributed by atoms with Crippen molar-refractivity contribution >= 4 is 21.7 Å². The molecule has 0 unspecified atom stereocenters. The number of amides is 1. The van der Waals surface area contributed by atoms with Crippen molar-refractivity contribution in [1.29, 1.82) is 0 Å². The van der Waals surface area contributed by atoms with Gasteiger partial charge in [-0.15, -0.1) is 0 Å². The van der Waals surface area contributed by atoms with Crippen LogP contribution < -0.4 is 9.64 Å². The van der Waals surface area contributed by atoms with Gasteiger partial charge in [-0.3, -0.25) is 4.79 Å². The van der Waals surface area contributed by atoms with Crippen molar-refractivity contribution in [3.05, 3.63) is 47.5 Å². The maximum absolute atomic E-state index is 14.6. The maximum atomic E-state index is 14.6. The van der Waals surface area contributed by atoms with Crippen molar-refractivity contribution in [1.82, 2.24) is 14.9 Å². The summed E-state index contributed by atoms with van der Waals surface area (Å²) < 4.78 is 43.0. The molecule has 1 aliphatic heterocycles. The number of hydrogen-bond donors (Lipinski definition) is 0. The first-order valence-corrected chi connectivity index (χ1v) is 15.0. The molecule has 1 aromatic heterocycles. The molecule has 2 atom stereocenters. The zero-order chi connectivity index (χ0) is 26.6. The summed E-state index contributed by atoms with van der Waals surface area (Å²) in [6.45, 7) is 4.62. The van der Waals surface area contributed by atoms with Crippen LogP contribution in [0.5, 0.6) is 5.75 Å². The molecule has 0 N–H and O–H groups in total. The summed E-state index contributed by atoms with van der Waals surface area (Å²) in [5, 5.41) is 0. The molecule has 202 valence electrons. The number of ether oxygens (including phenoxy) is 1. The Morgan fingerprint density at radius 1 is 1.22 bits per heavy atom. The average molecular weight is 533 g/mol. The number of likely N-dealkylation sites (N-methyl/N-ethyl adjacent to an activating group) is 1. The Morgan fingerprint density at radius 2 is 1.92 bits per heavy atom. The zero-order valence-corrected chi connectivity index (χ0v) is 22.7. The second-order valence-corrected chi connectivity index (χ2v) is 12.8. The average Bonchev–Trinajstić information content (AvgIpc) is 3.64. The second-order valence-electron chi connectivity index (χ2n) is 10.6. The first-order valence-electron chi connectivity index (χ1n) is 13.0. The molecule has 1 saturated carbocycles. The lowest BCUT2D eigenvalue weighted by molar-refractivity contribution is -0.128. The second kappa shape index (κ2) is 11.8. The van der Waals surface area contributed by atoms with Crippen LogP contribution in [0.25, 0.3) is 0 Å². The Bertz CT molecular complexity index is 1180. The van der Waals surface area contributed by atoms with E-state index in [1.165, 1.54) is 24.4 Å². The number of carbonyl (C=O) groups is 1. The van der Waals surface area contributed by atoms with Crippen LogP contribution in [0.2, 0.25) is 0 Å². The first kappa shape index (κ1) is 27.3. The third-order valence-electron chi connectivity index (χ3n) is 7.52. The van der Waals surface area contributed by atoms with Crippen molar-refractivity contribution < 1.29 is 22.3 Å². The zero-order valence-electron chi connectivity index (χ0n) is 21.9. The van der Waals surface area contributed by atoms with Gasteiger partial charge >= 0.3 is 0 Å². The fourth-order valence-electron chi connectivity index (χ4n) is 5.07. The van der Waals surface area contributed by atoms with Gasteiger partial charge in [-0.25, -0.2) is 22.8 Å². The van der Waals surface area contributed by atoms with Gasteiger partial charge in [0.05, 0.1) is 18.8 Å². The Balaban J connectivity index is 1.16. The molecule has 2 aliphatic rings. The Labute approximate surface area is 219 Å². The van der Waals surface area contributed by atoms with Gasteiger partial charge in [0, 0.05) is 51.4 Å². The lowest BCUT2D eigenvalue weighted by Gasteiger charge is -2.32. The minimum atomic E-state index is -3.17. The minimum Gasteiger partial charge on any atom is -0.493 e. The van der Waals surface area contributed by atoms with E-state index < -0.39 is 15.7 Å². The van der Waals surface area contributed by atoms with Gasteiger partial charge in [0.25, 0.3) is 0 Å². The van der Waals surface area contributed by atoms with Crippen LogP contribution >= 0.6 is 0 Å². The molecule has 2 heterocycles. The number of carbonyl (C=O) groups excluding carboxylic acids is 1. The van der Waals surface area contributed by atoms with Crippen molar-refractivity contribution in [3.8, 4) is 5.75 Å². The Morgan fingerprint density at radius 3 is 2.57 bits per heavy atom. The predicted molar refractivity (Wildman–Crippen MR) is 141 cm³/mol. The SMILES string of the molecule is Cc1cnc(N2CCC([C@H]3C[C@H]3CCOc3ccc(CC(=O)N(C)CCS(C)(=O)=O)c(F)c3)CC2)nc1. The quantitative estimate of drug-likeness (QED) is 0.439. The van der Waals surface area contributed by atoms with E-state index in [4.69, 9.17) is 4.74 Å². The van der Waals surface area contributed by atoms with Gasteiger partial charge in [-0.05, 0) is 67.6 Å². The van der Waals surface area contributed by atoms with E-state index in [0.29, 0.717) is 18.3 Å². The molecule has 1 aliphatic carbocycles. The van der Waals surface area contributed by atoms with Gasteiger partial charge in [0.15, 0.2) is 0 Å². The molecule has 37 heavy (non-hydrogen) atoms. The number of rotatable bonds is 11. The van der Waals surface area contributed by atoms with Crippen LogP contribution in [0.1, 0.15) is 36.8 Å². The highest BCUT2D eigenvalue weighted by Crippen LogP contribution is 2.49. The number of piperidine rings is 1. The molecule has 1 saturated heterocycles. The molecular weight excluding hydrogens is 495 g/mol. The highest BCUT2D eigenvalue weighted by molar-refractivity contribution is 7.90. The van der Waals surface area contributed by atoms with E-state index in [2.05, 4.69) is 14.9 Å². The number of sulfone groups is 1. The summed E-state index contributed by atoms with van der Waals surface area (Å²) in [5.41, 5.74) is 1.34. The molecule has 2 aromatic rings. The Hall–Kier alpha value is -2.75. The van der Waals surface area contributed by atoms with E-state index in [9.17, 15) is 17.6 Å². The fraction of sp³-hybridized carbons (Fsp3) is 0.593. The first-order chi connectivity index (χ1) is 17.6. The van der Waals surface area contributed by atoms with Crippen LogP contribution in [-0.4, -0.2) is 74.5 Å². The molecule has 8 nitrogen and oxygen atoms in total.